The monoisotopic (exact) mass is 280 g/mol. The number of nitro groups is 1. The van der Waals surface area contributed by atoms with Gasteiger partial charge in [0.05, 0.1) is 24.1 Å². The number of nitro benzene ring substituents is 1. The number of carboxylic acids is 1. The number of aryl methyl sites for hydroxylation is 1. The highest BCUT2D eigenvalue weighted by atomic mass is 16.6. The third-order valence-electron chi connectivity index (χ3n) is 3.27. The molecule has 1 saturated heterocycles. The van der Waals surface area contributed by atoms with Gasteiger partial charge in [-0.15, -0.1) is 0 Å². The molecule has 7 nitrogen and oxygen atoms in total. The van der Waals surface area contributed by atoms with Crippen LogP contribution < -0.4 is 4.90 Å². The van der Waals surface area contributed by atoms with Gasteiger partial charge in [-0.25, -0.2) is 0 Å². The Morgan fingerprint density at radius 1 is 1.60 bits per heavy atom. The number of nitrogens with zero attached hydrogens (tertiary/aromatic N) is 2. The lowest BCUT2D eigenvalue weighted by atomic mass is 10.1. The highest BCUT2D eigenvalue weighted by Gasteiger charge is 2.28. The fourth-order valence-corrected chi connectivity index (χ4v) is 2.44. The van der Waals surface area contributed by atoms with Crippen LogP contribution >= 0.6 is 0 Å². The summed E-state index contributed by atoms with van der Waals surface area (Å²) in [5.74, 6) is -0.934. The number of rotatable bonds is 4. The average molecular weight is 280 g/mol. The van der Waals surface area contributed by atoms with E-state index in [0.29, 0.717) is 25.4 Å². The first-order valence-corrected chi connectivity index (χ1v) is 6.31. The summed E-state index contributed by atoms with van der Waals surface area (Å²) in [6, 6.07) is 4.92. The van der Waals surface area contributed by atoms with E-state index in [4.69, 9.17) is 9.84 Å². The second-order valence-electron chi connectivity index (χ2n) is 4.74. The van der Waals surface area contributed by atoms with Crippen LogP contribution in [0.25, 0.3) is 0 Å². The normalized spacial score (nSPS) is 18.9. The molecule has 1 N–H and O–H groups in total. The van der Waals surface area contributed by atoms with Crippen LogP contribution in [0.15, 0.2) is 18.2 Å². The van der Waals surface area contributed by atoms with Crippen LogP contribution in [0.4, 0.5) is 11.4 Å². The topological polar surface area (TPSA) is 92.9 Å². The summed E-state index contributed by atoms with van der Waals surface area (Å²) in [6.07, 6.45) is -0.545. The van der Waals surface area contributed by atoms with Gasteiger partial charge in [-0.1, -0.05) is 12.1 Å². The largest absolute Gasteiger partial charge is 0.481 e. The van der Waals surface area contributed by atoms with Crippen LogP contribution in [0.5, 0.6) is 0 Å². The summed E-state index contributed by atoms with van der Waals surface area (Å²) >= 11 is 0. The number of para-hydroxylation sites is 1. The SMILES string of the molecule is Cc1cccc([N+](=O)[O-])c1N1CCOC(CC(=O)O)C1. The molecule has 0 spiro atoms. The zero-order chi connectivity index (χ0) is 14.7. The molecule has 0 aliphatic carbocycles. The van der Waals surface area contributed by atoms with Crippen LogP contribution in [0, 0.1) is 17.0 Å². The first-order chi connectivity index (χ1) is 9.49. The number of carboxylic acid groups (broad SMARTS) is 1. The van der Waals surface area contributed by atoms with Crippen molar-refractivity contribution in [2.24, 2.45) is 0 Å². The third kappa shape index (κ3) is 3.05. The fourth-order valence-electron chi connectivity index (χ4n) is 2.44. The molecule has 1 heterocycles. The Bertz CT molecular complexity index is 531. The number of hydrogen-bond acceptors (Lipinski definition) is 5. The maximum absolute atomic E-state index is 11.1. The molecule has 0 aromatic heterocycles. The predicted octanol–water partition coefficient (Wildman–Crippen LogP) is 1.58. The second-order valence-corrected chi connectivity index (χ2v) is 4.74. The van der Waals surface area contributed by atoms with Gasteiger partial charge in [-0.2, -0.15) is 0 Å². The minimum atomic E-state index is -0.934. The number of aliphatic carboxylic acids is 1. The van der Waals surface area contributed by atoms with Crippen molar-refractivity contribution in [2.45, 2.75) is 19.4 Å². The molecule has 1 atom stereocenters. The Kier molecular flexibility index (Phi) is 4.19. The van der Waals surface area contributed by atoms with Crippen molar-refractivity contribution >= 4 is 17.3 Å². The minimum absolute atomic E-state index is 0.0426. The molecule has 0 saturated carbocycles. The van der Waals surface area contributed by atoms with Gasteiger partial charge in [0, 0.05) is 19.2 Å². The van der Waals surface area contributed by atoms with E-state index in [1.54, 1.807) is 6.07 Å². The molecule has 20 heavy (non-hydrogen) atoms. The molecule has 1 aromatic carbocycles. The summed E-state index contributed by atoms with van der Waals surface area (Å²) in [5, 5.41) is 19.9. The van der Waals surface area contributed by atoms with Gasteiger partial charge >= 0.3 is 5.97 Å². The zero-order valence-electron chi connectivity index (χ0n) is 11.1. The van der Waals surface area contributed by atoms with Gasteiger partial charge in [0.1, 0.15) is 5.69 Å². The molecular formula is C13H16N2O5. The molecule has 1 aliphatic heterocycles. The molecule has 0 radical (unpaired) electrons. The van der Waals surface area contributed by atoms with Crippen LogP contribution in [0.3, 0.4) is 0 Å². The molecule has 108 valence electrons. The number of anilines is 1. The van der Waals surface area contributed by atoms with E-state index in [1.807, 2.05) is 17.9 Å². The molecule has 1 aliphatic rings. The minimum Gasteiger partial charge on any atom is -0.481 e. The third-order valence-corrected chi connectivity index (χ3v) is 3.27. The summed E-state index contributed by atoms with van der Waals surface area (Å²) < 4.78 is 5.39. The molecule has 1 unspecified atom stereocenters. The molecule has 1 aromatic rings. The first kappa shape index (κ1) is 14.3. The Labute approximate surface area is 115 Å². The Morgan fingerprint density at radius 3 is 3.00 bits per heavy atom. The van der Waals surface area contributed by atoms with Gasteiger partial charge in [0.2, 0.25) is 0 Å². The Morgan fingerprint density at radius 2 is 2.35 bits per heavy atom. The van der Waals surface area contributed by atoms with Gasteiger partial charge in [-0.05, 0) is 12.5 Å². The Balaban J connectivity index is 2.27. The molecule has 2 rings (SSSR count). The van der Waals surface area contributed by atoms with E-state index in [9.17, 15) is 14.9 Å². The summed E-state index contributed by atoms with van der Waals surface area (Å²) in [6.45, 7) is 3.03. The number of hydrogen-bond donors (Lipinski definition) is 1. The van der Waals surface area contributed by atoms with E-state index in [0.717, 1.165) is 5.56 Å². The van der Waals surface area contributed by atoms with Crippen molar-refractivity contribution in [3.05, 3.63) is 33.9 Å². The second kappa shape index (κ2) is 5.87. The van der Waals surface area contributed by atoms with Crippen molar-refractivity contribution in [1.29, 1.82) is 0 Å². The molecule has 0 bridgehead atoms. The van der Waals surface area contributed by atoms with E-state index >= 15 is 0 Å². The van der Waals surface area contributed by atoms with E-state index in [-0.39, 0.29) is 12.1 Å². The lowest BCUT2D eigenvalue weighted by Crippen LogP contribution is -2.43. The van der Waals surface area contributed by atoms with Crippen molar-refractivity contribution < 1.29 is 19.6 Å². The highest BCUT2D eigenvalue weighted by Crippen LogP contribution is 2.32. The average Bonchev–Trinajstić information content (AvgIpc) is 2.37. The van der Waals surface area contributed by atoms with Crippen molar-refractivity contribution in [2.75, 3.05) is 24.6 Å². The number of morpholine rings is 1. The quantitative estimate of drug-likeness (QED) is 0.665. The van der Waals surface area contributed by atoms with Crippen LogP contribution in [-0.2, 0) is 9.53 Å². The van der Waals surface area contributed by atoms with E-state index in [1.165, 1.54) is 6.07 Å². The highest BCUT2D eigenvalue weighted by molar-refractivity contribution is 5.69. The van der Waals surface area contributed by atoms with Crippen molar-refractivity contribution in [3.8, 4) is 0 Å². The number of benzene rings is 1. The summed E-state index contributed by atoms with van der Waals surface area (Å²) in [4.78, 5) is 23.3. The molecule has 0 amide bonds. The number of ether oxygens (including phenoxy) is 1. The first-order valence-electron chi connectivity index (χ1n) is 6.31. The number of carbonyl (C=O) groups is 1. The van der Waals surface area contributed by atoms with Crippen molar-refractivity contribution in [3.63, 3.8) is 0 Å². The Hall–Kier alpha value is -2.15. The maximum atomic E-state index is 11.1. The smallest absolute Gasteiger partial charge is 0.306 e. The molecular weight excluding hydrogens is 264 g/mol. The summed E-state index contributed by atoms with van der Waals surface area (Å²) in [7, 11) is 0. The summed E-state index contributed by atoms with van der Waals surface area (Å²) in [5.41, 5.74) is 1.40. The standard InChI is InChI=1S/C13H16N2O5/c1-9-3-2-4-11(15(18)19)13(9)14-5-6-20-10(8-14)7-12(16)17/h2-4,10H,5-8H2,1H3,(H,16,17). The maximum Gasteiger partial charge on any atom is 0.306 e. The van der Waals surface area contributed by atoms with Gasteiger partial charge in [0.25, 0.3) is 5.69 Å². The van der Waals surface area contributed by atoms with Gasteiger partial charge < -0.3 is 14.7 Å². The fraction of sp³-hybridized carbons (Fsp3) is 0.462. The zero-order valence-corrected chi connectivity index (χ0v) is 11.1. The van der Waals surface area contributed by atoms with Gasteiger partial charge in [-0.3, -0.25) is 14.9 Å². The van der Waals surface area contributed by atoms with Crippen LogP contribution in [0.1, 0.15) is 12.0 Å². The van der Waals surface area contributed by atoms with Crippen molar-refractivity contribution in [1.82, 2.24) is 0 Å². The van der Waals surface area contributed by atoms with Crippen LogP contribution in [-0.4, -0.2) is 41.8 Å². The van der Waals surface area contributed by atoms with Gasteiger partial charge in [0.15, 0.2) is 0 Å². The lowest BCUT2D eigenvalue weighted by Gasteiger charge is -2.34. The van der Waals surface area contributed by atoms with Crippen LogP contribution in [0.2, 0.25) is 0 Å². The van der Waals surface area contributed by atoms with E-state index in [2.05, 4.69) is 0 Å². The van der Waals surface area contributed by atoms with E-state index < -0.39 is 17.0 Å². The lowest BCUT2D eigenvalue weighted by molar-refractivity contribution is -0.384. The molecule has 7 heteroatoms. The predicted molar refractivity (Wildman–Crippen MR) is 72.0 cm³/mol. The molecule has 1 fully saturated rings.